The lowest BCUT2D eigenvalue weighted by Gasteiger charge is -2.07. The molecule has 2 unspecified atom stereocenters. The molecule has 0 saturated carbocycles. The van der Waals surface area contributed by atoms with Crippen molar-refractivity contribution in [3.63, 3.8) is 0 Å². The molecule has 4 nitrogen and oxygen atoms in total. The van der Waals surface area contributed by atoms with Crippen molar-refractivity contribution in [2.75, 3.05) is 13.7 Å². The van der Waals surface area contributed by atoms with E-state index in [-0.39, 0.29) is 12.1 Å². The number of ether oxygens (including phenoxy) is 1. The third kappa shape index (κ3) is 2.69. The van der Waals surface area contributed by atoms with Crippen LogP contribution >= 0.6 is 23.2 Å². The maximum atomic E-state index is 6.04. The van der Waals surface area contributed by atoms with Gasteiger partial charge >= 0.3 is 0 Å². The number of rotatable bonds is 3. The van der Waals surface area contributed by atoms with Crippen LogP contribution in [0, 0.1) is 0 Å². The molecule has 2 N–H and O–H groups in total. The van der Waals surface area contributed by atoms with Crippen LogP contribution in [0.25, 0.3) is 11.3 Å². The van der Waals surface area contributed by atoms with E-state index >= 15 is 0 Å². The average Bonchev–Trinajstić information content (AvgIpc) is 3.09. The zero-order chi connectivity index (χ0) is 14.1. The van der Waals surface area contributed by atoms with Crippen molar-refractivity contribution in [3.8, 4) is 11.3 Å². The van der Waals surface area contributed by atoms with Crippen LogP contribution in [0.1, 0.15) is 18.3 Å². The standard InChI is InChI=1S/C14H15Cl2N3O/c1-20-9-5-12(17-6-9)14-18-7-13(19-14)8-2-3-10(15)11(16)4-8/h2-4,7,9,12,17H,5-6H2,1H3,(H,18,19). The van der Waals surface area contributed by atoms with Gasteiger partial charge in [-0.15, -0.1) is 0 Å². The number of H-pyrrole nitrogens is 1. The largest absolute Gasteiger partial charge is 0.380 e. The summed E-state index contributed by atoms with van der Waals surface area (Å²) in [5, 5.41) is 4.49. The number of methoxy groups -OCH3 is 1. The van der Waals surface area contributed by atoms with Crippen molar-refractivity contribution >= 4 is 23.2 Å². The van der Waals surface area contributed by atoms with Crippen molar-refractivity contribution in [3.05, 3.63) is 40.3 Å². The lowest BCUT2D eigenvalue weighted by atomic mass is 10.2. The van der Waals surface area contributed by atoms with Crippen LogP contribution in [-0.2, 0) is 4.74 Å². The van der Waals surface area contributed by atoms with Gasteiger partial charge in [0.1, 0.15) is 5.82 Å². The molecule has 20 heavy (non-hydrogen) atoms. The predicted molar refractivity (Wildman–Crippen MR) is 80.2 cm³/mol. The SMILES string of the molecule is COC1CNC(c2ncc(-c3ccc(Cl)c(Cl)c3)[nH]2)C1. The van der Waals surface area contributed by atoms with Crippen molar-refractivity contribution < 1.29 is 4.74 Å². The molecule has 0 amide bonds. The van der Waals surface area contributed by atoms with Crippen LogP contribution < -0.4 is 5.32 Å². The molecule has 106 valence electrons. The first-order valence-electron chi connectivity index (χ1n) is 6.44. The summed E-state index contributed by atoms with van der Waals surface area (Å²) in [4.78, 5) is 7.78. The number of hydrogen-bond donors (Lipinski definition) is 2. The summed E-state index contributed by atoms with van der Waals surface area (Å²) in [6, 6.07) is 5.75. The normalized spacial score (nSPS) is 22.4. The third-order valence-electron chi connectivity index (χ3n) is 3.58. The molecule has 1 aromatic carbocycles. The number of halogens is 2. The van der Waals surface area contributed by atoms with Crippen LogP contribution in [0.4, 0.5) is 0 Å². The van der Waals surface area contributed by atoms with E-state index in [1.807, 2.05) is 18.3 Å². The highest BCUT2D eigenvalue weighted by molar-refractivity contribution is 6.42. The number of nitrogens with zero attached hydrogens (tertiary/aromatic N) is 1. The minimum Gasteiger partial charge on any atom is -0.380 e. The van der Waals surface area contributed by atoms with Crippen molar-refractivity contribution in [1.29, 1.82) is 0 Å². The number of aromatic nitrogens is 2. The summed E-state index contributed by atoms with van der Waals surface area (Å²) < 4.78 is 5.35. The van der Waals surface area contributed by atoms with E-state index in [0.717, 1.165) is 30.0 Å². The maximum Gasteiger partial charge on any atom is 0.123 e. The highest BCUT2D eigenvalue weighted by Gasteiger charge is 2.27. The molecular weight excluding hydrogens is 297 g/mol. The molecule has 1 aromatic heterocycles. The number of nitrogens with one attached hydrogen (secondary N) is 2. The Balaban J connectivity index is 1.81. The van der Waals surface area contributed by atoms with Gasteiger partial charge < -0.3 is 15.0 Å². The summed E-state index contributed by atoms with van der Waals surface area (Å²) in [6.07, 6.45) is 2.99. The summed E-state index contributed by atoms with van der Waals surface area (Å²) in [6.45, 7) is 0.851. The first kappa shape index (κ1) is 13.9. The first-order chi connectivity index (χ1) is 9.67. The van der Waals surface area contributed by atoms with Crippen LogP contribution in [-0.4, -0.2) is 29.7 Å². The van der Waals surface area contributed by atoms with Gasteiger partial charge in [0.2, 0.25) is 0 Å². The second-order valence-electron chi connectivity index (χ2n) is 4.87. The van der Waals surface area contributed by atoms with Gasteiger partial charge in [0.15, 0.2) is 0 Å². The van der Waals surface area contributed by atoms with Crippen LogP contribution in [0.2, 0.25) is 10.0 Å². The Morgan fingerprint density at radius 2 is 2.15 bits per heavy atom. The van der Waals surface area contributed by atoms with Gasteiger partial charge in [0, 0.05) is 19.2 Å². The smallest absolute Gasteiger partial charge is 0.123 e. The Bertz CT molecular complexity index is 614. The lowest BCUT2D eigenvalue weighted by molar-refractivity contribution is 0.117. The van der Waals surface area contributed by atoms with Gasteiger partial charge in [-0.3, -0.25) is 0 Å². The monoisotopic (exact) mass is 311 g/mol. The second kappa shape index (κ2) is 5.74. The minimum atomic E-state index is 0.205. The molecule has 1 aliphatic rings. The molecule has 0 aliphatic carbocycles. The Hall–Kier alpha value is -1.07. The van der Waals surface area contributed by atoms with E-state index in [9.17, 15) is 0 Å². The highest BCUT2D eigenvalue weighted by Crippen LogP contribution is 2.29. The number of benzene rings is 1. The molecule has 0 radical (unpaired) electrons. The number of hydrogen-bond acceptors (Lipinski definition) is 3. The van der Waals surface area contributed by atoms with E-state index in [1.165, 1.54) is 0 Å². The van der Waals surface area contributed by atoms with E-state index < -0.39 is 0 Å². The molecule has 1 aliphatic heterocycles. The zero-order valence-electron chi connectivity index (χ0n) is 11.0. The highest BCUT2D eigenvalue weighted by atomic mass is 35.5. The average molecular weight is 312 g/mol. The molecular formula is C14H15Cl2N3O. The summed E-state index contributed by atoms with van der Waals surface area (Å²) in [7, 11) is 1.73. The van der Waals surface area contributed by atoms with E-state index in [1.54, 1.807) is 13.2 Å². The lowest BCUT2D eigenvalue weighted by Crippen LogP contribution is -2.16. The van der Waals surface area contributed by atoms with Gasteiger partial charge in [0.25, 0.3) is 0 Å². The zero-order valence-corrected chi connectivity index (χ0v) is 12.5. The van der Waals surface area contributed by atoms with Crippen LogP contribution in [0.5, 0.6) is 0 Å². The molecule has 3 rings (SSSR count). The Kier molecular flexibility index (Phi) is 3.98. The summed E-state index contributed by atoms with van der Waals surface area (Å²) >= 11 is 12.0. The van der Waals surface area contributed by atoms with Gasteiger partial charge in [-0.25, -0.2) is 4.98 Å². The molecule has 0 spiro atoms. The van der Waals surface area contributed by atoms with Crippen LogP contribution in [0.3, 0.4) is 0 Å². The molecule has 2 heterocycles. The Labute approximate surface area is 127 Å². The fourth-order valence-corrected chi connectivity index (χ4v) is 2.71. The Morgan fingerprint density at radius 3 is 2.85 bits per heavy atom. The first-order valence-corrected chi connectivity index (χ1v) is 7.19. The third-order valence-corrected chi connectivity index (χ3v) is 4.32. The summed E-state index contributed by atoms with van der Waals surface area (Å²) in [5.41, 5.74) is 1.90. The topological polar surface area (TPSA) is 49.9 Å². The molecule has 2 atom stereocenters. The van der Waals surface area contributed by atoms with Gasteiger partial charge in [-0.1, -0.05) is 29.3 Å². The van der Waals surface area contributed by atoms with Gasteiger partial charge in [0.05, 0.1) is 34.1 Å². The van der Waals surface area contributed by atoms with Gasteiger partial charge in [-0.05, 0) is 18.6 Å². The fourth-order valence-electron chi connectivity index (χ4n) is 2.42. The molecule has 2 aromatic rings. The predicted octanol–water partition coefficient (Wildman–Crippen LogP) is 3.43. The maximum absolute atomic E-state index is 6.04. The van der Waals surface area contributed by atoms with E-state index in [2.05, 4.69) is 15.3 Å². The van der Waals surface area contributed by atoms with Crippen molar-refractivity contribution in [2.24, 2.45) is 0 Å². The van der Waals surface area contributed by atoms with Crippen LogP contribution in [0.15, 0.2) is 24.4 Å². The molecule has 6 heteroatoms. The molecule has 1 saturated heterocycles. The molecule has 1 fully saturated rings. The van der Waals surface area contributed by atoms with Gasteiger partial charge in [-0.2, -0.15) is 0 Å². The van der Waals surface area contributed by atoms with Crippen molar-refractivity contribution in [2.45, 2.75) is 18.6 Å². The van der Waals surface area contributed by atoms with E-state index in [0.29, 0.717) is 10.0 Å². The Morgan fingerprint density at radius 1 is 1.30 bits per heavy atom. The van der Waals surface area contributed by atoms with E-state index in [4.69, 9.17) is 27.9 Å². The van der Waals surface area contributed by atoms with Crippen molar-refractivity contribution in [1.82, 2.24) is 15.3 Å². The number of aromatic amines is 1. The second-order valence-corrected chi connectivity index (χ2v) is 5.68. The molecule has 0 bridgehead atoms. The quantitative estimate of drug-likeness (QED) is 0.913. The minimum absolute atomic E-state index is 0.205. The summed E-state index contributed by atoms with van der Waals surface area (Å²) in [5.74, 6) is 0.922. The number of imidazole rings is 1. The fraction of sp³-hybridized carbons (Fsp3) is 0.357.